The molecule has 3 rings (SSSR count). The number of nitro benzene ring substituents is 1. The van der Waals surface area contributed by atoms with Crippen molar-refractivity contribution in [2.75, 3.05) is 23.3 Å². The first-order valence-electron chi connectivity index (χ1n) is 7.92. The van der Waals surface area contributed by atoms with Gasteiger partial charge in [-0.25, -0.2) is 4.98 Å². The Morgan fingerprint density at radius 1 is 1.29 bits per heavy atom. The molecule has 0 atom stereocenters. The minimum absolute atomic E-state index is 0.0193. The van der Waals surface area contributed by atoms with Crippen molar-refractivity contribution in [2.45, 2.75) is 25.8 Å². The van der Waals surface area contributed by atoms with Gasteiger partial charge in [0.15, 0.2) is 0 Å². The van der Waals surface area contributed by atoms with E-state index in [1.54, 1.807) is 6.07 Å². The molecule has 1 aromatic carbocycles. The summed E-state index contributed by atoms with van der Waals surface area (Å²) in [6.45, 7) is 3.67. The van der Waals surface area contributed by atoms with E-state index < -0.39 is 4.92 Å². The summed E-state index contributed by atoms with van der Waals surface area (Å²) in [5.74, 6) is 0.904. The molecule has 24 heavy (non-hydrogen) atoms. The second kappa shape index (κ2) is 7.05. The molecule has 1 aliphatic heterocycles. The Hall–Kier alpha value is -2.34. The number of hydrogen-bond donors (Lipinski definition) is 1. The number of halogens is 1. The Kier molecular flexibility index (Phi) is 4.85. The molecule has 0 unspecified atom stereocenters. The number of nitrogens with one attached hydrogen (secondary N) is 1. The van der Waals surface area contributed by atoms with E-state index in [9.17, 15) is 10.1 Å². The fraction of sp³-hybridized carbons (Fsp3) is 0.353. The smallest absolute Gasteiger partial charge is 0.271 e. The van der Waals surface area contributed by atoms with Gasteiger partial charge in [-0.2, -0.15) is 0 Å². The highest BCUT2D eigenvalue weighted by Gasteiger charge is 2.22. The third-order valence-corrected chi connectivity index (χ3v) is 4.52. The number of benzene rings is 1. The van der Waals surface area contributed by atoms with Crippen LogP contribution in [0.1, 0.15) is 18.5 Å². The summed E-state index contributed by atoms with van der Waals surface area (Å²) in [6, 6.07) is 11.0. The van der Waals surface area contributed by atoms with E-state index in [0.29, 0.717) is 11.1 Å². The van der Waals surface area contributed by atoms with Crippen LogP contribution in [0, 0.1) is 17.0 Å². The lowest BCUT2D eigenvalue weighted by Crippen LogP contribution is -2.39. The van der Waals surface area contributed by atoms with Crippen LogP contribution >= 0.6 is 11.6 Å². The van der Waals surface area contributed by atoms with Crippen LogP contribution in [0.2, 0.25) is 5.02 Å². The van der Waals surface area contributed by atoms with Gasteiger partial charge in [-0.05, 0) is 38.0 Å². The highest BCUT2D eigenvalue weighted by molar-refractivity contribution is 6.33. The van der Waals surface area contributed by atoms with Crippen LogP contribution in [0.5, 0.6) is 0 Å². The zero-order valence-electron chi connectivity index (χ0n) is 13.4. The van der Waals surface area contributed by atoms with Crippen LogP contribution in [-0.2, 0) is 0 Å². The number of nitro groups is 1. The Balaban J connectivity index is 1.62. The molecular weight excluding hydrogens is 328 g/mol. The van der Waals surface area contributed by atoms with Crippen LogP contribution < -0.4 is 10.2 Å². The van der Waals surface area contributed by atoms with Crippen molar-refractivity contribution < 1.29 is 4.92 Å². The summed E-state index contributed by atoms with van der Waals surface area (Å²) < 4.78 is 0. The number of hydrogen-bond acceptors (Lipinski definition) is 5. The molecule has 0 saturated carbocycles. The molecule has 1 fully saturated rings. The summed E-state index contributed by atoms with van der Waals surface area (Å²) in [4.78, 5) is 17.0. The molecule has 6 nitrogen and oxygen atoms in total. The van der Waals surface area contributed by atoms with Crippen LogP contribution in [0.4, 0.5) is 17.2 Å². The van der Waals surface area contributed by atoms with Gasteiger partial charge in [0.25, 0.3) is 5.69 Å². The molecule has 0 spiro atoms. The number of piperidine rings is 1. The molecule has 126 valence electrons. The van der Waals surface area contributed by atoms with Gasteiger partial charge >= 0.3 is 0 Å². The fourth-order valence-electron chi connectivity index (χ4n) is 2.96. The van der Waals surface area contributed by atoms with Gasteiger partial charge in [-0.15, -0.1) is 0 Å². The minimum Gasteiger partial charge on any atom is -0.370 e. The number of non-ortho nitro benzene ring substituents is 1. The van der Waals surface area contributed by atoms with Crippen LogP contribution in [-0.4, -0.2) is 29.0 Å². The summed E-state index contributed by atoms with van der Waals surface area (Å²) >= 11 is 6.22. The van der Waals surface area contributed by atoms with Gasteiger partial charge < -0.3 is 10.2 Å². The molecule has 1 saturated heterocycles. The second-order valence-corrected chi connectivity index (χ2v) is 6.37. The van der Waals surface area contributed by atoms with Crippen molar-refractivity contribution in [2.24, 2.45) is 0 Å². The van der Waals surface area contributed by atoms with E-state index in [-0.39, 0.29) is 5.69 Å². The molecular formula is C17H19ClN4O2. The van der Waals surface area contributed by atoms with Crippen LogP contribution in [0.3, 0.4) is 0 Å². The van der Waals surface area contributed by atoms with Gasteiger partial charge in [0.2, 0.25) is 0 Å². The molecule has 0 radical (unpaired) electrons. The van der Waals surface area contributed by atoms with Crippen molar-refractivity contribution in [1.29, 1.82) is 0 Å². The number of aryl methyl sites for hydroxylation is 1. The summed E-state index contributed by atoms with van der Waals surface area (Å²) in [5.41, 5.74) is 1.87. The fourth-order valence-corrected chi connectivity index (χ4v) is 3.26. The van der Waals surface area contributed by atoms with Gasteiger partial charge in [-0.3, -0.25) is 10.1 Å². The minimum atomic E-state index is -0.430. The van der Waals surface area contributed by atoms with E-state index in [1.807, 2.05) is 25.1 Å². The maximum absolute atomic E-state index is 10.8. The number of anilines is 2. The van der Waals surface area contributed by atoms with E-state index in [2.05, 4.69) is 15.2 Å². The lowest BCUT2D eigenvalue weighted by molar-refractivity contribution is -0.384. The Morgan fingerprint density at radius 2 is 2.04 bits per heavy atom. The summed E-state index contributed by atoms with van der Waals surface area (Å²) in [7, 11) is 0. The van der Waals surface area contributed by atoms with Crippen molar-refractivity contribution >= 4 is 28.8 Å². The molecule has 1 aliphatic rings. The molecule has 0 amide bonds. The highest BCUT2D eigenvalue weighted by Crippen LogP contribution is 2.31. The highest BCUT2D eigenvalue weighted by atomic mass is 35.5. The predicted octanol–water partition coefficient (Wildman–Crippen LogP) is 4.03. The standard InChI is InChI=1S/C17H19ClN4O2/c1-12-3-2-4-17(19-12)20-13-7-9-21(10-8-13)16-6-5-14(22(23)24)11-15(16)18/h2-6,11,13H,7-10H2,1H3,(H,19,20). The van der Waals surface area contributed by atoms with E-state index in [1.165, 1.54) is 12.1 Å². The largest absolute Gasteiger partial charge is 0.370 e. The number of rotatable bonds is 4. The Labute approximate surface area is 145 Å². The average Bonchev–Trinajstić information content (AvgIpc) is 2.55. The van der Waals surface area contributed by atoms with Crippen LogP contribution in [0.15, 0.2) is 36.4 Å². The first kappa shape index (κ1) is 16.5. The van der Waals surface area contributed by atoms with Gasteiger partial charge in [0, 0.05) is 37.0 Å². The molecule has 2 heterocycles. The normalized spacial score (nSPS) is 15.3. The van der Waals surface area contributed by atoms with Gasteiger partial charge in [0.05, 0.1) is 15.6 Å². The number of pyridine rings is 1. The Morgan fingerprint density at radius 3 is 2.67 bits per heavy atom. The number of aromatic nitrogens is 1. The predicted molar refractivity (Wildman–Crippen MR) is 95.9 cm³/mol. The monoisotopic (exact) mass is 346 g/mol. The molecule has 0 aliphatic carbocycles. The lowest BCUT2D eigenvalue weighted by Gasteiger charge is -2.34. The molecule has 1 N–H and O–H groups in total. The maximum Gasteiger partial charge on any atom is 0.271 e. The quantitative estimate of drug-likeness (QED) is 0.668. The first-order chi connectivity index (χ1) is 11.5. The number of nitrogens with zero attached hydrogens (tertiary/aromatic N) is 3. The second-order valence-electron chi connectivity index (χ2n) is 5.96. The average molecular weight is 347 g/mol. The van der Waals surface area contributed by atoms with Crippen LogP contribution in [0.25, 0.3) is 0 Å². The van der Waals surface area contributed by atoms with E-state index in [0.717, 1.165) is 43.1 Å². The first-order valence-corrected chi connectivity index (χ1v) is 8.30. The maximum atomic E-state index is 10.8. The van der Waals surface area contributed by atoms with Gasteiger partial charge in [0.1, 0.15) is 5.82 Å². The molecule has 7 heteroatoms. The summed E-state index contributed by atoms with van der Waals surface area (Å²) in [6.07, 6.45) is 1.92. The topological polar surface area (TPSA) is 71.3 Å². The van der Waals surface area contributed by atoms with E-state index in [4.69, 9.17) is 11.6 Å². The molecule has 0 bridgehead atoms. The zero-order valence-corrected chi connectivity index (χ0v) is 14.2. The SMILES string of the molecule is Cc1cccc(NC2CCN(c3ccc([N+](=O)[O-])cc3Cl)CC2)n1. The third-order valence-electron chi connectivity index (χ3n) is 4.22. The van der Waals surface area contributed by atoms with Gasteiger partial charge in [-0.1, -0.05) is 17.7 Å². The van der Waals surface area contributed by atoms with Crippen molar-refractivity contribution in [1.82, 2.24) is 4.98 Å². The zero-order chi connectivity index (χ0) is 17.1. The lowest BCUT2D eigenvalue weighted by atomic mass is 10.0. The third kappa shape index (κ3) is 3.76. The molecule has 2 aromatic rings. The van der Waals surface area contributed by atoms with E-state index >= 15 is 0 Å². The molecule has 1 aromatic heterocycles. The van der Waals surface area contributed by atoms with Crippen molar-refractivity contribution in [3.63, 3.8) is 0 Å². The van der Waals surface area contributed by atoms with Crippen molar-refractivity contribution in [3.8, 4) is 0 Å². The Bertz CT molecular complexity index is 745. The van der Waals surface area contributed by atoms with Crippen molar-refractivity contribution in [3.05, 3.63) is 57.2 Å². The summed E-state index contributed by atoms with van der Waals surface area (Å²) in [5, 5.41) is 14.7.